The van der Waals surface area contributed by atoms with Gasteiger partial charge >= 0.3 is 6.18 Å². The number of nitrogens with zero attached hydrogens (tertiary/aromatic N) is 1. The zero-order valence-corrected chi connectivity index (χ0v) is 12.1. The molecule has 1 amide bonds. The molecular formula is C12H13F3N2O4S. The van der Waals surface area contributed by atoms with Crippen LogP contribution in [0.15, 0.2) is 23.1 Å². The SMILES string of the molecule is O=C(Cn1cccc(C(F)(F)F)c1=O)NC1CCS(=O)(=O)C1. The Hall–Kier alpha value is -1.84. The molecule has 2 heterocycles. The Kier molecular flexibility index (Phi) is 4.32. The zero-order chi connectivity index (χ0) is 16.5. The van der Waals surface area contributed by atoms with Crippen molar-refractivity contribution in [1.82, 2.24) is 9.88 Å². The van der Waals surface area contributed by atoms with Crippen LogP contribution in [0.25, 0.3) is 0 Å². The van der Waals surface area contributed by atoms with E-state index in [1.54, 1.807) is 0 Å². The Morgan fingerprint density at radius 1 is 1.41 bits per heavy atom. The van der Waals surface area contributed by atoms with Crippen LogP contribution < -0.4 is 10.9 Å². The third-order valence-corrected chi connectivity index (χ3v) is 5.01. The molecule has 0 spiro atoms. The first-order chi connectivity index (χ1) is 10.1. The molecule has 1 aromatic heterocycles. The summed E-state index contributed by atoms with van der Waals surface area (Å²) in [5, 5.41) is 2.41. The Labute approximate surface area is 123 Å². The van der Waals surface area contributed by atoms with Crippen LogP contribution in [0.3, 0.4) is 0 Å². The van der Waals surface area contributed by atoms with E-state index in [1.165, 1.54) is 0 Å². The number of halogens is 3. The lowest BCUT2D eigenvalue weighted by Crippen LogP contribution is -2.40. The standard InChI is InChI=1S/C12H13F3N2O4S/c13-12(14,15)9-2-1-4-17(11(9)19)6-10(18)16-8-3-5-22(20,21)7-8/h1-2,4,8H,3,5-7H2,(H,16,18). The molecule has 0 aromatic carbocycles. The van der Waals surface area contributed by atoms with Crippen molar-refractivity contribution in [1.29, 1.82) is 0 Å². The highest BCUT2D eigenvalue weighted by atomic mass is 32.2. The van der Waals surface area contributed by atoms with E-state index in [4.69, 9.17) is 0 Å². The molecule has 0 bridgehead atoms. The molecule has 1 N–H and O–H groups in total. The van der Waals surface area contributed by atoms with Crippen LogP contribution >= 0.6 is 0 Å². The van der Waals surface area contributed by atoms with Gasteiger partial charge in [-0.15, -0.1) is 0 Å². The number of carbonyl (C=O) groups excluding carboxylic acids is 1. The van der Waals surface area contributed by atoms with Gasteiger partial charge in [0.05, 0.1) is 11.5 Å². The first kappa shape index (κ1) is 16.5. The minimum Gasteiger partial charge on any atom is -0.351 e. The van der Waals surface area contributed by atoms with Gasteiger partial charge in [-0.05, 0) is 18.6 Å². The lowest BCUT2D eigenvalue weighted by Gasteiger charge is -2.13. The van der Waals surface area contributed by atoms with Crippen LogP contribution in [-0.2, 0) is 27.4 Å². The van der Waals surface area contributed by atoms with Crippen LogP contribution in [0.1, 0.15) is 12.0 Å². The normalized spacial score (nSPS) is 20.8. The molecule has 1 aromatic rings. The smallest absolute Gasteiger partial charge is 0.351 e. The second-order valence-corrected chi connectivity index (χ2v) is 7.25. The number of rotatable bonds is 3. The number of pyridine rings is 1. The Balaban J connectivity index is 2.08. The first-order valence-corrected chi connectivity index (χ1v) is 8.17. The fourth-order valence-corrected chi connectivity index (χ4v) is 3.89. The van der Waals surface area contributed by atoms with E-state index in [-0.39, 0.29) is 17.9 Å². The third-order valence-electron chi connectivity index (χ3n) is 3.24. The van der Waals surface area contributed by atoms with Crippen molar-refractivity contribution in [3.8, 4) is 0 Å². The van der Waals surface area contributed by atoms with E-state index in [0.717, 1.165) is 12.3 Å². The van der Waals surface area contributed by atoms with Crippen molar-refractivity contribution >= 4 is 15.7 Å². The molecule has 1 fully saturated rings. The summed E-state index contributed by atoms with van der Waals surface area (Å²) in [6.07, 6.45) is -3.47. The Bertz CT molecular complexity index is 739. The quantitative estimate of drug-likeness (QED) is 0.851. The van der Waals surface area contributed by atoms with Gasteiger partial charge in [0.1, 0.15) is 12.1 Å². The summed E-state index contributed by atoms with van der Waals surface area (Å²) in [4.78, 5) is 23.4. The Morgan fingerprint density at radius 2 is 2.09 bits per heavy atom. The number of hydrogen-bond acceptors (Lipinski definition) is 4. The number of aromatic nitrogens is 1. The van der Waals surface area contributed by atoms with E-state index in [1.807, 2.05) is 0 Å². The van der Waals surface area contributed by atoms with E-state index >= 15 is 0 Å². The summed E-state index contributed by atoms with van der Waals surface area (Å²) in [6.45, 7) is -0.598. The predicted octanol–water partition coefficient (Wildman–Crippen LogP) is 0.170. The molecule has 0 radical (unpaired) electrons. The molecule has 2 rings (SSSR count). The molecule has 1 atom stereocenters. The molecule has 0 saturated carbocycles. The largest absolute Gasteiger partial charge is 0.421 e. The van der Waals surface area contributed by atoms with Crippen molar-refractivity contribution in [2.45, 2.75) is 25.2 Å². The maximum Gasteiger partial charge on any atom is 0.421 e. The lowest BCUT2D eigenvalue weighted by atomic mass is 10.2. The second-order valence-electron chi connectivity index (χ2n) is 5.02. The van der Waals surface area contributed by atoms with Gasteiger partial charge < -0.3 is 9.88 Å². The number of hydrogen-bond donors (Lipinski definition) is 1. The lowest BCUT2D eigenvalue weighted by molar-refractivity contribution is -0.139. The molecule has 10 heteroatoms. The minimum absolute atomic E-state index is 0.0402. The topological polar surface area (TPSA) is 85.2 Å². The molecular weight excluding hydrogens is 325 g/mol. The van der Waals surface area contributed by atoms with E-state index < -0.39 is 45.6 Å². The first-order valence-electron chi connectivity index (χ1n) is 6.35. The van der Waals surface area contributed by atoms with Crippen molar-refractivity contribution < 1.29 is 26.4 Å². The molecule has 1 unspecified atom stereocenters. The second kappa shape index (κ2) is 5.75. The number of sulfone groups is 1. The highest BCUT2D eigenvalue weighted by Gasteiger charge is 2.34. The van der Waals surface area contributed by atoms with Gasteiger partial charge in [-0.1, -0.05) is 0 Å². The van der Waals surface area contributed by atoms with Crippen LogP contribution in [-0.4, -0.2) is 36.4 Å². The van der Waals surface area contributed by atoms with Crippen molar-refractivity contribution in [3.05, 3.63) is 34.2 Å². The van der Waals surface area contributed by atoms with Gasteiger partial charge in [0.2, 0.25) is 5.91 Å². The summed E-state index contributed by atoms with van der Waals surface area (Å²) in [5.74, 6) is -0.943. The summed E-state index contributed by atoms with van der Waals surface area (Å²) >= 11 is 0. The molecule has 0 aliphatic carbocycles. The van der Waals surface area contributed by atoms with E-state index in [9.17, 15) is 31.2 Å². The number of amides is 1. The summed E-state index contributed by atoms with van der Waals surface area (Å²) in [6, 6.07) is 1.09. The van der Waals surface area contributed by atoms with Gasteiger partial charge in [0, 0.05) is 12.2 Å². The van der Waals surface area contributed by atoms with Crippen LogP contribution in [0.2, 0.25) is 0 Å². The van der Waals surface area contributed by atoms with Crippen molar-refractivity contribution in [2.24, 2.45) is 0 Å². The third kappa shape index (κ3) is 3.87. The minimum atomic E-state index is -4.80. The van der Waals surface area contributed by atoms with E-state index in [0.29, 0.717) is 10.6 Å². The number of alkyl halides is 3. The average Bonchev–Trinajstić information content (AvgIpc) is 2.69. The van der Waals surface area contributed by atoms with Crippen LogP contribution in [0.4, 0.5) is 13.2 Å². The summed E-state index contributed by atoms with van der Waals surface area (Å²) in [5.41, 5.74) is -2.67. The fourth-order valence-electron chi connectivity index (χ4n) is 2.21. The highest BCUT2D eigenvalue weighted by Crippen LogP contribution is 2.25. The fraction of sp³-hybridized carbons (Fsp3) is 0.500. The summed E-state index contributed by atoms with van der Waals surface area (Å²) in [7, 11) is -3.18. The van der Waals surface area contributed by atoms with Gasteiger partial charge in [0.15, 0.2) is 9.84 Å². The monoisotopic (exact) mass is 338 g/mol. The zero-order valence-electron chi connectivity index (χ0n) is 11.3. The maximum atomic E-state index is 12.6. The van der Waals surface area contributed by atoms with Gasteiger partial charge in [0.25, 0.3) is 5.56 Å². The molecule has 1 saturated heterocycles. The van der Waals surface area contributed by atoms with Crippen molar-refractivity contribution in [2.75, 3.05) is 11.5 Å². The van der Waals surface area contributed by atoms with Crippen LogP contribution in [0.5, 0.6) is 0 Å². The molecule has 22 heavy (non-hydrogen) atoms. The van der Waals surface area contributed by atoms with Gasteiger partial charge in [-0.25, -0.2) is 8.42 Å². The average molecular weight is 338 g/mol. The molecule has 122 valence electrons. The van der Waals surface area contributed by atoms with Gasteiger partial charge in [-0.2, -0.15) is 13.2 Å². The van der Waals surface area contributed by atoms with Crippen molar-refractivity contribution in [3.63, 3.8) is 0 Å². The number of carbonyl (C=O) groups is 1. The number of nitrogens with one attached hydrogen (secondary N) is 1. The molecule has 1 aliphatic heterocycles. The summed E-state index contributed by atoms with van der Waals surface area (Å²) < 4.78 is 61.0. The maximum absolute atomic E-state index is 12.6. The Morgan fingerprint density at radius 3 is 2.64 bits per heavy atom. The predicted molar refractivity (Wildman–Crippen MR) is 70.9 cm³/mol. The highest BCUT2D eigenvalue weighted by molar-refractivity contribution is 7.91. The van der Waals surface area contributed by atoms with E-state index in [2.05, 4.69) is 5.32 Å². The molecule has 1 aliphatic rings. The van der Waals surface area contributed by atoms with Crippen LogP contribution in [0, 0.1) is 0 Å². The van der Waals surface area contributed by atoms with Gasteiger partial charge in [-0.3, -0.25) is 9.59 Å². The molecule has 6 nitrogen and oxygen atoms in total.